The van der Waals surface area contributed by atoms with Gasteiger partial charge < -0.3 is 14.9 Å². The smallest absolute Gasteiger partial charge is 0.333 e. The molecular formula is C35H49FO4. The van der Waals surface area contributed by atoms with E-state index in [0.717, 1.165) is 92.9 Å². The van der Waals surface area contributed by atoms with Gasteiger partial charge in [0.05, 0.1) is 19.8 Å². The molecule has 3 rings (SSSR count). The number of ether oxygens (including phenoxy) is 1. The Balaban J connectivity index is 1.60. The van der Waals surface area contributed by atoms with Crippen LogP contribution in [-0.2, 0) is 22.4 Å². The van der Waals surface area contributed by atoms with Crippen molar-refractivity contribution >= 4 is 5.97 Å². The van der Waals surface area contributed by atoms with Crippen LogP contribution >= 0.6 is 0 Å². The van der Waals surface area contributed by atoms with Crippen LogP contribution in [0.1, 0.15) is 101 Å². The van der Waals surface area contributed by atoms with E-state index in [2.05, 4.69) is 38.6 Å². The number of aliphatic hydroxyl groups is 2. The number of aliphatic hydroxyl groups excluding tert-OH is 2. The molecule has 0 radical (unpaired) electrons. The molecule has 2 N–H and O–H groups in total. The number of aryl methyl sites for hydroxylation is 2. The lowest BCUT2D eigenvalue weighted by Crippen LogP contribution is -2.30. The van der Waals surface area contributed by atoms with Crippen LogP contribution < -0.4 is 0 Å². The van der Waals surface area contributed by atoms with Gasteiger partial charge in [0.2, 0.25) is 0 Å². The third-order valence-electron chi connectivity index (χ3n) is 8.89. The lowest BCUT2D eigenvalue weighted by Gasteiger charge is -2.29. The van der Waals surface area contributed by atoms with Crippen LogP contribution in [0.15, 0.2) is 48.6 Å². The molecule has 1 aliphatic carbocycles. The van der Waals surface area contributed by atoms with Crippen LogP contribution in [0, 0.1) is 17.2 Å². The van der Waals surface area contributed by atoms with Crippen LogP contribution in [-0.4, -0.2) is 36.0 Å². The zero-order valence-electron chi connectivity index (χ0n) is 24.8. The molecule has 5 heteroatoms. The van der Waals surface area contributed by atoms with Gasteiger partial charge in [-0.25, -0.2) is 9.18 Å². The molecule has 0 aliphatic heterocycles. The molecule has 0 aromatic heterocycles. The van der Waals surface area contributed by atoms with Crippen molar-refractivity contribution in [1.82, 2.24) is 0 Å². The molecule has 0 bridgehead atoms. The monoisotopic (exact) mass is 552 g/mol. The molecule has 1 aliphatic rings. The summed E-state index contributed by atoms with van der Waals surface area (Å²) in [5.74, 6) is 0.543. The maximum absolute atomic E-state index is 15.5. The van der Waals surface area contributed by atoms with E-state index in [-0.39, 0.29) is 25.0 Å². The normalized spacial score (nSPS) is 17.6. The molecule has 0 atom stereocenters. The largest absolute Gasteiger partial charge is 0.462 e. The average molecular weight is 553 g/mol. The molecule has 0 saturated heterocycles. The number of esters is 1. The van der Waals surface area contributed by atoms with Gasteiger partial charge in [0.25, 0.3) is 0 Å². The Morgan fingerprint density at radius 2 is 1.73 bits per heavy atom. The van der Waals surface area contributed by atoms with Gasteiger partial charge >= 0.3 is 5.97 Å². The summed E-state index contributed by atoms with van der Waals surface area (Å²) in [5, 5.41) is 19.8. The molecule has 2 aromatic carbocycles. The van der Waals surface area contributed by atoms with Crippen LogP contribution in [0.25, 0.3) is 11.1 Å². The molecular weight excluding hydrogens is 503 g/mol. The summed E-state index contributed by atoms with van der Waals surface area (Å²) in [6, 6.07) is 12.1. The summed E-state index contributed by atoms with van der Waals surface area (Å²) < 4.78 is 20.7. The first kappa shape index (κ1) is 32.0. The highest BCUT2D eigenvalue weighted by atomic mass is 19.1. The van der Waals surface area contributed by atoms with Crippen molar-refractivity contribution in [1.29, 1.82) is 0 Å². The summed E-state index contributed by atoms with van der Waals surface area (Å²) in [7, 11) is 0. The minimum atomic E-state index is -0.444. The highest BCUT2D eigenvalue weighted by Crippen LogP contribution is 2.39. The van der Waals surface area contributed by atoms with Crippen LogP contribution in [0.4, 0.5) is 4.39 Å². The van der Waals surface area contributed by atoms with Crippen LogP contribution in [0.3, 0.4) is 0 Å². The van der Waals surface area contributed by atoms with Crippen molar-refractivity contribution in [3.8, 4) is 11.1 Å². The quantitative estimate of drug-likeness (QED) is 0.134. The van der Waals surface area contributed by atoms with Gasteiger partial charge in [-0.2, -0.15) is 0 Å². The molecule has 0 amide bonds. The van der Waals surface area contributed by atoms with Crippen LogP contribution in [0.2, 0.25) is 0 Å². The molecule has 4 nitrogen and oxygen atoms in total. The van der Waals surface area contributed by atoms with Gasteiger partial charge in [0.15, 0.2) is 0 Å². The van der Waals surface area contributed by atoms with Gasteiger partial charge in [0.1, 0.15) is 5.82 Å². The first-order valence-electron chi connectivity index (χ1n) is 15.2. The summed E-state index contributed by atoms with van der Waals surface area (Å²) in [6.45, 7) is 9.87. The van der Waals surface area contributed by atoms with Gasteiger partial charge in [-0.15, -0.1) is 0 Å². The van der Waals surface area contributed by atoms with E-state index in [4.69, 9.17) is 4.74 Å². The third-order valence-corrected chi connectivity index (χ3v) is 8.89. The molecule has 0 unspecified atom stereocenters. The first-order valence-corrected chi connectivity index (χ1v) is 15.2. The van der Waals surface area contributed by atoms with Crippen LogP contribution in [0.5, 0.6) is 0 Å². The van der Waals surface area contributed by atoms with Gasteiger partial charge in [-0.1, -0.05) is 57.2 Å². The lowest BCUT2D eigenvalue weighted by molar-refractivity contribution is -0.139. The highest BCUT2D eigenvalue weighted by Gasteiger charge is 2.28. The van der Waals surface area contributed by atoms with Gasteiger partial charge in [-0.05, 0) is 111 Å². The number of hydrogen-bond acceptors (Lipinski definition) is 4. The molecule has 220 valence electrons. The van der Waals surface area contributed by atoms with Gasteiger partial charge in [0, 0.05) is 16.6 Å². The van der Waals surface area contributed by atoms with Crippen molar-refractivity contribution in [2.45, 2.75) is 97.3 Å². The summed E-state index contributed by atoms with van der Waals surface area (Å²) in [4.78, 5) is 11.5. The number of rotatable bonds is 15. The Labute approximate surface area is 240 Å². The fourth-order valence-electron chi connectivity index (χ4n) is 6.24. The Hall–Kier alpha value is -2.50. The fourth-order valence-corrected chi connectivity index (χ4v) is 6.24. The van der Waals surface area contributed by atoms with E-state index in [0.29, 0.717) is 29.6 Å². The number of halogens is 1. The molecule has 0 heterocycles. The predicted molar refractivity (Wildman–Crippen MR) is 161 cm³/mol. The second-order valence-electron chi connectivity index (χ2n) is 11.9. The van der Waals surface area contributed by atoms with Crippen molar-refractivity contribution in [3.63, 3.8) is 0 Å². The second-order valence-corrected chi connectivity index (χ2v) is 11.9. The summed E-state index contributed by atoms with van der Waals surface area (Å²) >= 11 is 0. The summed E-state index contributed by atoms with van der Waals surface area (Å²) in [5.41, 5.74) is 4.95. The third kappa shape index (κ3) is 8.50. The highest BCUT2D eigenvalue weighted by molar-refractivity contribution is 5.86. The molecule has 0 spiro atoms. The maximum Gasteiger partial charge on any atom is 0.333 e. The van der Waals surface area contributed by atoms with Gasteiger partial charge in [-0.3, -0.25) is 0 Å². The van der Waals surface area contributed by atoms with Crippen molar-refractivity contribution in [3.05, 3.63) is 71.1 Å². The SMILES string of the molecule is C=C(C)C(=O)OCCCC1CCC(c2ccc(-c3ccc(CCC(CO)(CO)CCC)cc3CC)c(F)c2)CC1. The predicted octanol–water partition coefficient (Wildman–Crippen LogP) is 7.93. The molecule has 1 saturated carbocycles. The first-order chi connectivity index (χ1) is 19.3. The Kier molecular flexibility index (Phi) is 12.4. The van der Waals surface area contributed by atoms with E-state index >= 15 is 4.39 Å². The Bertz CT molecular complexity index is 1110. The van der Waals surface area contributed by atoms with Crippen molar-refractivity contribution in [2.75, 3.05) is 19.8 Å². The Morgan fingerprint density at radius 1 is 1.02 bits per heavy atom. The number of carbonyl (C=O) groups excluding carboxylic acids is 1. The fraction of sp³-hybridized carbons (Fsp3) is 0.571. The zero-order valence-corrected chi connectivity index (χ0v) is 24.8. The minimum Gasteiger partial charge on any atom is -0.462 e. The van der Waals surface area contributed by atoms with E-state index in [1.165, 1.54) is 0 Å². The van der Waals surface area contributed by atoms with E-state index in [9.17, 15) is 15.0 Å². The number of benzene rings is 2. The maximum atomic E-state index is 15.5. The van der Waals surface area contributed by atoms with Crippen molar-refractivity contribution in [2.24, 2.45) is 11.3 Å². The van der Waals surface area contributed by atoms with E-state index in [1.54, 1.807) is 13.0 Å². The average Bonchev–Trinajstić information content (AvgIpc) is 2.97. The Morgan fingerprint density at radius 3 is 2.33 bits per heavy atom. The standard InChI is InChI=1S/C35H49FO4/c1-5-18-35(23-37,24-38)19-17-27-11-15-31(28(6-2)21-27)32-16-14-30(22-33(32)36)29-12-9-26(10-13-29)8-7-20-40-34(39)25(3)4/h11,14-16,21-22,26,29,37-38H,3,5-10,12-13,17-20,23-24H2,1-2,4H3. The minimum absolute atomic E-state index is 0.0117. The van der Waals surface area contributed by atoms with E-state index in [1.807, 2.05) is 12.1 Å². The molecule has 1 fully saturated rings. The number of hydrogen-bond donors (Lipinski definition) is 2. The van der Waals surface area contributed by atoms with Crippen molar-refractivity contribution < 1.29 is 24.1 Å². The molecule has 40 heavy (non-hydrogen) atoms. The van der Waals surface area contributed by atoms with E-state index < -0.39 is 5.41 Å². The second kappa shape index (κ2) is 15.5. The molecule has 2 aromatic rings. The summed E-state index contributed by atoms with van der Waals surface area (Å²) in [6.07, 6.45) is 10.3. The lowest BCUT2D eigenvalue weighted by atomic mass is 9.77. The zero-order chi connectivity index (χ0) is 29.1. The number of carbonyl (C=O) groups is 1. The topological polar surface area (TPSA) is 66.8 Å².